The summed E-state index contributed by atoms with van der Waals surface area (Å²) < 4.78 is 73.1. The van der Waals surface area contributed by atoms with Gasteiger partial charge in [0.05, 0.1) is 41.6 Å². The van der Waals surface area contributed by atoms with E-state index in [1.165, 1.54) is 30.1 Å². The van der Waals surface area contributed by atoms with E-state index in [0.29, 0.717) is 0 Å². The highest BCUT2D eigenvalue weighted by Crippen LogP contribution is 2.35. The lowest BCUT2D eigenvalue weighted by atomic mass is 9.99. The number of para-hydroxylation sites is 1. The Labute approximate surface area is 210 Å². The average molecular weight is 544 g/mol. The van der Waals surface area contributed by atoms with Gasteiger partial charge in [-0.1, -0.05) is 13.0 Å². The van der Waals surface area contributed by atoms with Gasteiger partial charge in [0, 0.05) is 19.5 Å². The maximum absolute atomic E-state index is 13.4. The average Bonchev–Trinajstić information content (AvgIpc) is 2.80. The molecule has 3 rings (SSSR count). The summed E-state index contributed by atoms with van der Waals surface area (Å²) in [6.45, 7) is 3.14. The molecule has 0 fully saturated rings. The van der Waals surface area contributed by atoms with E-state index in [9.17, 15) is 31.1 Å². The number of likely N-dealkylation sites (N-methyl/N-ethyl adjacent to an activating group) is 1. The third kappa shape index (κ3) is 6.14. The zero-order chi connectivity index (χ0) is 26.8. The number of sulfonamides is 2. The Kier molecular flexibility index (Phi) is 8.28. The molecule has 1 aliphatic heterocycles. The van der Waals surface area contributed by atoms with Crippen molar-refractivity contribution in [2.75, 3.05) is 37.7 Å². The summed E-state index contributed by atoms with van der Waals surface area (Å²) in [6.07, 6.45) is 0.147. The molecule has 2 aromatic rings. The monoisotopic (exact) mass is 543 g/mol. The second kappa shape index (κ2) is 10.7. The largest absolute Gasteiger partial charge is 0.486 e. The molecule has 3 atom stereocenters. The van der Waals surface area contributed by atoms with Crippen LogP contribution < -0.4 is 9.46 Å². The number of amides is 1. The number of nitrogens with one attached hydrogen (secondary N) is 1. The molecular weight excluding hydrogens is 513 g/mol. The third-order valence-electron chi connectivity index (χ3n) is 5.95. The minimum atomic E-state index is -4.01. The number of nitrogens with zero attached hydrogens (tertiary/aromatic N) is 2. The highest BCUT2D eigenvalue weighted by molar-refractivity contribution is 7.92. The minimum absolute atomic E-state index is 0.0306. The zero-order valence-electron chi connectivity index (χ0n) is 20.4. The van der Waals surface area contributed by atoms with Crippen LogP contribution in [0.3, 0.4) is 0 Å². The number of rotatable bonds is 8. The van der Waals surface area contributed by atoms with Gasteiger partial charge in [0.15, 0.2) is 5.75 Å². The molecule has 2 N–H and O–H groups in total. The molecule has 1 aliphatic rings. The predicted molar refractivity (Wildman–Crippen MR) is 132 cm³/mol. The summed E-state index contributed by atoms with van der Waals surface area (Å²) in [5.74, 6) is -1.49. The molecule has 0 spiro atoms. The zero-order valence-corrected chi connectivity index (χ0v) is 22.0. The van der Waals surface area contributed by atoms with Gasteiger partial charge >= 0.3 is 0 Å². The Balaban J connectivity index is 2.05. The number of carbonyl (C=O) groups excluding carboxylic acids is 1. The van der Waals surface area contributed by atoms with Crippen LogP contribution >= 0.6 is 0 Å². The van der Waals surface area contributed by atoms with Crippen LogP contribution in [0.5, 0.6) is 5.75 Å². The lowest BCUT2D eigenvalue weighted by molar-refractivity contribution is 0.0389. The van der Waals surface area contributed by atoms with Gasteiger partial charge in [0.2, 0.25) is 20.0 Å². The van der Waals surface area contributed by atoms with E-state index in [1.54, 1.807) is 13.8 Å². The summed E-state index contributed by atoms with van der Waals surface area (Å²) >= 11 is 0. The molecule has 1 amide bonds. The van der Waals surface area contributed by atoms with Crippen molar-refractivity contribution in [3.63, 3.8) is 0 Å². The van der Waals surface area contributed by atoms with E-state index in [-0.39, 0.29) is 41.6 Å². The summed E-state index contributed by atoms with van der Waals surface area (Å²) in [4.78, 5) is 14.7. The fourth-order valence-electron chi connectivity index (χ4n) is 3.88. The lowest BCUT2D eigenvalue weighted by Gasteiger charge is -2.38. The van der Waals surface area contributed by atoms with Crippen LogP contribution in [0.1, 0.15) is 24.2 Å². The van der Waals surface area contributed by atoms with Crippen LogP contribution in [0.4, 0.5) is 10.1 Å². The van der Waals surface area contributed by atoms with Crippen LogP contribution in [0.2, 0.25) is 0 Å². The molecule has 198 valence electrons. The fourth-order valence-corrected chi connectivity index (χ4v) is 5.62. The van der Waals surface area contributed by atoms with Gasteiger partial charge in [-0.15, -0.1) is 0 Å². The van der Waals surface area contributed by atoms with E-state index in [1.807, 2.05) is 0 Å². The number of anilines is 1. The van der Waals surface area contributed by atoms with Gasteiger partial charge in [-0.25, -0.2) is 21.2 Å². The number of carbonyl (C=O) groups is 1. The van der Waals surface area contributed by atoms with Gasteiger partial charge < -0.3 is 14.7 Å². The van der Waals surface area contributed by atoms with Gasteiger partial charge in [-0.2, -0.15) is 4.31 Å². The Morgan fingerprint density at radius 2 is 1.83 bits per heavy atom. The highest BCUT2D eigenvalue weighted by atomic mass is 32.2. The fraction of sp³-hybridized carbons (Fsp3) is 0.435. The SMILES string of the molecule is C[C@H](CO)N1C[C@H](C)[C@H](CN(C)S(=O)(=O)c2ccc(F)cc2)Oc2c(NS(C)(=O)=O)cccc2C1=O. The second-order valence-corrected chi connectivity index (χ2v) is 12.7. The number of ether oxygens (including phenoxy) is 1. The number of benzene rings is 2. The maximum Gasteiger partial charge on any atom is 0.258 e. The summed E-state index contributed by atoms with van der Waals surface area (Å²) in [5.41, 5.74) is 0.105. The van der Waals surface area contributed by atoms with Crippen molar-refractivity contribution in [3.8, 4) is 5.75 Å². The van der Waals surface area contributed by atoms with Crippen LogP contribution in [-0.2, 0) is 20.0 Å². The van der Waals surface area contributed by atoms with Crippen molar-refractivity contribution >= 4 is 31.6 Å². The summed E-state index contributed by atoms with van der Waals surface area (Å²) in [5, 5.41) is 9.74. The summed E-state index contributed by atoms with van der Waals surface area (Å²) in [6, 6.07) is 8.29. The number of fused-ring (bicyclic) bond motifs is 1. The first-order valence-corrected chi connectivity index (χ1v) is 14.5. The van der Waals surface area contributed by atoms with Gasteiger partial charge in [-0.05, 0) is 43.3 Å². The quantitative estimate of drug-likeness (QED) is 0.518. The van der Waals surface area contributed by atoms with E-state index >= 15 is 0 Å². The smallest absolute Gasteiger partial charge is 0.258 e. The normalized spacial score (nSPS) is 19.8. The molecule has 1 heterocycles. The van der Waals surface area contributed by atoms with Gasteiger partial charge in [0.1, 0.15) is 11.9 Å². The van der Waals surface area contributed by atoms with E-state index in [0.717, 1.165) is 34.8 Å². The molecule has 36 heavy (non-hydrogen) atoms. The number of halogens is 1. The number of aliphatic hydroxyl groups is 1. The first-order chi connectivity index (χ1) is 16.7. The Morgan fingerprint density at radius 1 is 1.19 bits per heavy atom. The number of hydrogen-bond donors (Lipinski definition) is 2. The Hall–Kier alpha value is -2.74. The van der Waals surface area contributed by atoms with E-state index in [4.69, 9.17) is 4.74 Å². The van der Waals surface area contributed by atoms with Crippen LogP contribution in [-0.4, -0.2) is 82.2 Å². The van der Waals surface area contributed by atoms with Crippen molar-refractivity contribution in [1.82, 2.24) is 9.21 Å². The van der Waals surface area contributed by atoms with E-state index < -0.39 is 49.8 Å². The Bertz CT molecular complexity index is 1320. The molecule has 0 unspecified atom stereocenters. The van der Waals surface area contributed by atoms with Crippen LogP contribution in [0.15, 0.2) is 47.4 Å². The molecule has 0 saturated heterocycles. The predicted octanol–water partition coefficient (Wildman–Crippen LogP) is 1.74. The van der Waals surface area contributed by atoms with Crippen LogP contribution in [0.25, 0.3) is 0 Å². The maximum atomic E-state index is 13.4. The first kappa shape index (κ1) is 27.8. The molecule has 2 aromatic carbocycles. The first-order valence-electron chi connectivity index (χ1n) is 11.2. The minimum Gasteiger partial charge on any atom is -0.486 e. The van der Waals surface area contributed by atoms with Crippen molar-refractivity contribution < 1.29 is 35.9 Å². The van der Waals surface area contributed by atoms with E-state index in [2.05, 4.69) is 4.72 Å². The van der Waals surface area contributed by atoms with Gasteiger partial charge in [0.25, 0.3) is 5.91 Å². The van der Waals surface area contributed by atoms with Crippen molar-refractivity contribution in [1.29, 1.82) is 0 Å². The highest BCUT2D eigenvalue weighted by Gasteiger charge is 2.36. The molecule has 10 nitrogen and oxygen atoms in total. The number of hydrogen-bond acceptors (Lipinski definition) is 7. The molecule has 0 saturated carbocycles. The third-order valence-corrected chi connectivity index (χ3v) is 8.37. The molecule has 13 heteroatoms. The van der Waals surface area contributed by atoms with Crippen molar-refractivity contribution in [2.45, 2.75) is 30.9 Å². The Morgan fingerprint density at radius 3 is 2.42 bits per heavy atom. The second-order valence-electron chi connectivity index (χ2n) is 8.92. The molecule has 0 aliphatic carbocycles. The van der Waals surface area contributed by atoms with Crippen molar-refractivity contribution in [3.05, 3.63) is 53.8 Å². The van der Waals surface area contributed by atoms with Gasteiger partial charge in [-0.3, -0.25) is 9.52 Å². The van der Waals surface area contributed by atoms with Crippen LogP contribution in [0, 0.1) is 11.7 Å². The standard InChI is InChI=1S/C23H30FN3O7S2/c1-15-12-27(16(2)14-28)23(29)19-6-5-7-20(25-35(4,30)31)22(19)34-21(15)13-26(3)36(32,33)18-10-8-17(24)9-11-18/h5-11,15-16,21,25,28H,12-14H2,1-4H3/t15-,16+,21-/m0/s1. The lowest BCUT2D eigenvalue weighted by Crippen LogP contribution is -2.50. The molecule has 0 bridgehead atoms. The molecule has 0 radical (unpaired) electrons. The number of aliphatic hydroxyl groups excluding tert-OH is 1. The molecule has 0 aromatic heterocycles. The molecular formula is C23H30FN3O7S2. The topological polar surface area (TPSA) is 133 Å². The van der Waals surface area contributed by atoms with Crippen molar-refractivity contribution in [2.24, 2.45) is 5.92 Å². The summed E-state index contributed by atoms with van der Waals surface area (Å²) in [7, 11) is -6.38.